The topological polar surface area (TPSA) is 28.2 Å². The van der Waals surface area contributed by atoms with Crippen molar-refractivity contribution in [1.82, 2.24) is 9.88 Å². The molecule has 1 N–H and O–H groups in total. The second kappa shape index (κ2) is 6.53. The van der Waals surface area contributed by atoms with Crippen LogP contribution in [0, 0.1) is 0 Å². The van der Waals surface area contributed by atoms with Gasteiger partial charge in [-0.05, 0) is 33.1 Å². The van der Waals surface area contributed by atoms with Gasteiger partial charge in [0.25, 0.3) is 0 Å². The van der Waals surface area contributed by atoms with Crippen molar-refractivity contribution in [1.29, 1.82) is 0 Å². The van der Waals surface area contributed by atoms with E-state index < -0.39 is 0 Å². The Morgan fingerprint density at radius 1 is 1.39 bits per heavy atom. The number of hydrogen-bond acceptors (Lipinski definition) is 4. The lowest BCUT2D eigenvalue weighted by Crippen LogP contribution is -2.42. The van der Waals surface area contributed by atoms with Crippen molar-refractivity contribution < 1.29 is 0 Å². The van der Waals surface area contributed by atoms with Crippen LogP contribution >= 0.6 is 11.3 Å². The molecule has 2 unspecified atom stereocenters. The number of anilines is 1. The van der Waals surface area contributed by atoms with Gasteiger partial charge in [-0.3, -0.25) is 4.90 Å². The summed E-state index contributed by atoms with van der Waals surface area (Å²) in [6.07, 6.45) is 7.24. The first-order valence-corrected chi connectivity index (χ1v) is 7.96. The quantitative estimate of drug-likeness (QED) is 0.881. The number of likely N-dealkylation sites (tertiary alicyclic amines) is 1. The number of nitrogens with one attached hydrogen (secondary N) is 1. The van der Waals surface area contributed by atoms with Gasteiger partial charge in [-0.25, -0.2) is 4.98 Å². The fraction of sp³-hybridized carbons (Fsp3) is 0.786. The molecule has 0 aromatic carbocycles. The molecule has 2 rings (SSSR count). The van der Waals surface area contributed by atoms with Crippen molar-refractivity contribution in [3.05, 3.63) is 11.1 Å². The van der Waals surface area contributed by atoms with Gasteiger partial charge < -0.3 is 5.32 Å². The summed E-state index contributed by atoms with van der Waals surface area (Å²) in [7, 11) is 0. The Kier molecular flexibility index (Phi) is 5.01. The average molecular weight is 267 g/mol. The van der Waals surface area contributed by atoms with Gasteiger partial charge in [0.05, 0.1) is 0 Å². The lowest BCUT2D eigenvalue weighted by Gasteiger charge is -2.38. The van der Waals surface area contributed by atoms with Gasteiger partial charge in [-0.2, -0.15) is 0 Å². The standard InChI is InChI=1S/C14H25N3S/c1-4-8-15-14-16-9-13(18-14)10-17-11(2)6-5-7-12(17)3/h9,11-12H,4-8,10H2,1-3H3,(H,15,16). The van der Waals surface area contributed by atoms with Gasteiger partial charge >= 0.3 is 0 Å². The molecule has 0 amide bonds. The van der Waals surface area contributed by atoms with Crippen molar-refractivity contribution in [2.45, 2.75) is 65.1 Å². The van der Waals surface area contributed by atoms with Gasteiger partial charge in [0.15, 0.2) is 5.13 Å². The third-order valence-electron chi connectivity index (χ3n) is 3.79. The fourth-order valence-electron chi connectivity index (χ4n) is 2.66. The van der Waals surface area contributed by atoms with Crippen LogP contribution in [0.2, 0.25) is 0 Å². The zero-order chi connectivity index (χ0) is 13.0. The molecule has 18 heavy (non-hydrogen) atoms. The molecule has 3 nitrogen and oxygen atoms in total. The third-order valence-corrected chi connectivity index (χ3v) is 4.73. The Bertz CT molecular complexity index is 354. The molecule has 2 atom stereocenters. The van der Waals surface area contributed by atoms with E-state index in [1.54, 1.807) is 11.3 Å². The van der Waals surface area contributed by atoms with Crippen LogP contribution in [0.5, 0.6) is 0 Å². The van der Waals surface area contributed by atoms with Crippen LogP contribution in [0.25, 0.3) is 0 Å². The minimum atomic E-state index is 0.711. The lowest BCUT2D eigenvalue weighted by molar-refractivity contribution is 0.0964. The molecule has 1 aliphatic heterocycles. The molecule has 1 aliphatic rings. The maximum absolute atomic E-state index is 4.45. The molecule has 2 heterocycles. The Morgan fingerprint density at radius 2 is 2.11 bits per heavy atom. The van der Waals surface area contributed by atoms with Gasteiger partial charge in [0.1, 0.15) is 0 Å². The summed E-state index contributed by atoms with van der Waals surface area (Å²) in [5.41, 5.74) is 0. The number of rotatable bonds is 5. The summed E-state index contributed by atoms with van der Waals surface area (Å²) in [5.74, 6) is 0. The molecule has 4 heteroatoms. The maximum Gasteiger partial charge on any atom is 0.182 e. The number of nitrogens with zero attached hydrogens (tertiary/aromatic N) is 2. The highest BCUT2D eigenvalue weighted by atomic mass is 32.1. The van der Waals surface area contributed by atoms with E-state index in [2.05, 4.69) is 36.0 Å². The molecule has 0 aliphatic carbocycles. The van der Waals surface area contributed by atoms with E-state index in [1.165, 1.54) is 24.1 Å². The first-order valence-electron chi connectivity index (χ1n) is 7.15. The highest BCUT2D eigenvalue weighted by Gasteiger charge is 2.25. The van der Waals surface area contributed by atoms with E-state index in [-0.39, 0.29) is 0 Å². The Morgan fingerprint density at radius 3 is 2.78 bits per heavy atom. The SMILES string of the molecule is CCCNc1ncc(CN2C(C)CCCC2C)s1. The van der Waals surface area contributed by atoms with Gasteiger partial charge in [-0.15, -0.1) is 11.3 Å². The molecular formula is C14H25N3S. The van der Waals surface area contributed by atoms with Crippen LogP contribution in [0.3, 0.4) is 0 Å². The van der Waals surface area contributed by atoms with Gasteiger partial charge in [-0.1, -0.05) is 13.3 Å². The summed E-state index contributed by atoms with van der Waals surface area (Å²) < 4.78 is 0. The molecule has 102 valence electrons. The van der Waals surface area contributed by atoms with E-state index in [9.17, 15) is 0 Å². The predicted octanol–water partition coefficient (Wildman–Crippen LogP) is 3.73. The van der Waals surface area contributed by atoms with E-state index in [0.29, 0.717) is 12.1 Å². The smallest absolute Gasteiger partial charge is 0.182 e. The fourth-order valence-corrected chi connectivity index (χ4v) is 3.51. The second-order valence-corrected chi connectivity index (χ2v) is 6.47. The van der Waals surface area contributed by atoms with Crippen molar-refractivity contribution in [3.63, 3.8) is 0 Å². The van der Waals surface area contributed by atoms with Crippen LogP contribution in [0.1, 0.15) is 51.3 Å². The van der Waals surface area contributed by atoms with Crippen molar-refractivity contribution in [2.75, 3.05) is 11.9 Å². The molecule has 1 fully saturated rings. The zero-order valence-corrected chi connectivity index (χ0v) is 12.6. The van der Waals surface area contributed by atoms with E-state index in [1.807, 2.05) is 6.20 Å². The summed E-state index contributed by atoms with van der Waals surface area (Å²) in [4.78, 5) is 8.46. The number of aromatic nitrogens is 1. The molecule has 0 spiro atoms. The molecule has 1 aromatic rings. The van der Waals surface area contributed by atoms with Crippen LogP contribution < -0.4 is 5.32 Å². The van der Waals surface area contributed by atoms with Crippen LogP contribution in [-0.4, -0.2) is 28.5 Å². The molecule has 1 saturated heterocycles. The second-order valence-electron chi connectivity index (χ2n) is 5.36. The predicted molar refractivity (Wildman–Crippen MR) is 79.2 cm³/mol. The molecule has 0 bridgehead atoms. The lowest BCUT2D eigenvalue weighted by atomic mass is 9.97. The Balaban J connectivity index is 1.93. The van der Waals surface area contributed by atoms with Crippen LogP contribution in [0.15, 0.2) is 6.20 Å². The van der Waals surface area contributed by atoms with Crippen molar-refractivity contribution in [2.24, 2.45) is 0 Å². The highest BCUT2D eigenvalue weighted by molar-refractivity contribution is 7.15. The van der Waals surface area contributed by atoms with E-state index in [4.69, 9.17) is 0 Å². The van der Waals surface area contributed by atoms with Gasteiger partial charge in [0.2, 0.25) is 0 Å². The zero-order valence-electron chi connectivity index (χ0n) is 11.8. The number of thiazole rings is 1. The summed E-state index contributed by atoms with van der Waals surface area (Å²) in [6, 6.07) is 1.42. The number of piperidine rings is 1. The normalized spacial score (nSPS) is 25.3. The molecule has 0 saturated carbocycles. The highest BCUT2D eigenvalue weighted by Crippen LogP contribution is 2.27. The minimum absolute atomic E-state index is 0.711. The molecular weight excluding hydrogens is 242 g/mol. The largest absolute Gasteiger partial charge is 0.362 e. The first kappa shape index (κ1) is 13.8. The van der Waals surface area contributed by atoms with Crippen molar-refractivity contribution in [3.8, 4) is 0 Å². The minimum Gasteiger partial charge on any atom is -0.362 e. The van der Waals surface area contributed by atoms with Gasteiger partial charge in [0, 0.05) is 36.2 Å². The van der Waals surface area contributed by atoms with Crippen molar-refractivity contribution >= 4 is 16.5 Å². The van der Waals surface area contributed by atoms with E-state index in [0.717, 1.165) is 24.6 Å². The molecule has 1 aromatic heterocycles. The Labute approximate surface area is 115 Å². The van der Waals surface area contributed by atoms with E-state index >= 15 is 0 Å². The van der Waals surface area contributed by atoms with Crippen LogP contribution in [0.4, 0.5) is 5.13 Å². The molecule has 0 radical (unpaired) electrons. The van der Waals surface area contributed by atoms with Crippen LogP contribution in [-0.2, 0) is 6.54 Å². The maximum atomic E-state index is 4.45. The average Bonchev–Trinajstić information content (AvgIpc) is 2.79. The monoisotopic (exact) mass is 267 g/mol. The summed E-state index contributed by atoms with van der Waals surface area (Å²) in [5, 5.41) is 4.44. The summed E-state index contributed by atoms with van der Waals surface area (Å²) >= 11 is 1.81. The number of hydrogen-bond donors (Lipinski definition) is 1. The Hall–Kier alpha value is -0.610. The summed E-state index contributed by atoms with van der Waals surface area (Å²) in [6.45, 7) is 8.97. The third kappa shape index (κ3) is 3.45. The first-order chi connectivity index (χ1) is 8.70.